The van der Waals surface area contributed by atoms with Gasteiger partial charge in [-0.25, -0.2) is 0 Å². The van der Waals surface area contributed by atoms with Gasteiger partial charge in [-0.2, -0.15) is 0 Å². The molecule has 116 valence electrons. The number of hydrogen-bond acceptors (Lipinski definition) is 2. The lowest BCUT2D eigenvalue weighted by molar-refractivity contribution is -0.151. The van der Waals surface area contributed by atoms with Crippen molar-refractivity contribution < 1.29 is 9.90 Å². The van der Waals surface area contributed by atoms with Crippen LogP contribution >= 0.6 is 0 Å². The van der Waals surface area contributed by atoms with Crippen LogP contribution in [0.15, 0.2) is 24.3 Å². The molecule has 0 aromatic heterocycles. The quantitative estimate of drug-likeness (QED) is 0.914. The summed E-state index contributed by atoms with van der Waals surface area (Å²) in [6.45, 7) is 10.0. The highest BCUT2D eigenvalue weighted by Gasteiger charge is 2.39. The Balaban J connectivity index is 2.15. The minimum absolute atomic E-state index is 0.218. The van der Waals surface area contributed by atoms with Gasteiger partial charge in [0.15, 0.2) is 0 Å². The van der Waals surface area contributed by atoms with Crippen LogP contribution in [0.5, 0.6) is 0 Å². The zero-order valence-corrected chi connectivity index (χ0v) is 13.6. The molecule has 1 aromatic rings. The van der Waals surface area contributed by atoms with Crippen LogP contribution in [0.3, 0.4) is 0 Å². The monoisotopic (exact) mass is 289 g/mol. The molecular weight excluding hydrogens is 262 g/mol. The Labute approximate surface area is 128 Å². The highest BCUT2D eigenvalue weighted by molar-refractivity contribution is 5.74. The predicted molar refractivity (Wildman–Crippen MR) is 85.3 cm³/mol. The van der Waals surface area contributed by atoms with Crippen molar-refractivity contribution in [2.24, 2.45) is 11.3 Å². The van der Waals surface area contributed by atoms with Gasteiger partial charge in [-0.3, -0.25) is 9.69 Å². The van der Waals surface area contributed by atoms with Crippen molar-refractivity contribution >= 4 is 5.97 Å². The van der Waals surface area contributed by atoms with Crippen LogP contribution < -0.4 is 0 Å². The lowest BCUT2D eigenvalue weighted by atomic mass is 9.74. The van der Waals surface area contributed by atoms with E-state index >= 15 is 0 Å². The molecule has 0 amide bonds. The largest absolute Gasteiger partial charge is 0.481 e. The summed E-state index contributed by atoms with van der Waals surface area (Å²) in [6, 6.07) is 8.83. The number of piperidine rings is 1. The Morgan fingerprint density at radius 1 is 1.38 bits per heavy atom. The molecule has 1 aliphatic rings. The first-order valence-electron chi connectivity index (χ1n) is 7.87. The third kappa shape index (κ3) is 3.29. The summed E-state index contributed by atoms with van der Waals surface area (Å²) in [7, 11) is 0. The number of nitrogens with zero attached hydrogens (tertiary/aromatic N) is 1. The Morgan fingerprint density at radius 3 is 2.67 bits per heavy atom. The van der Waals surface area contributed by atoms with Gasteiger partial charge in [0.25, 0.3) is 0 Å². The van der Waals surface area contributed by atoms with Crippen LogP contribution in [0.1, 0.15) is 50.8 Å². The normalized spacial score (nSPS) is 22.0. The van der Waals surface area contributed by atoms with E-state index in [4.69, 9.17) is 0 Å². The van der Waals surface area contributed by atoms with Gasteiger partial charge in [-0.05, 0) is 64.1 Å². The van der Waals surface area contributed by atoms with Gasteiger partial charge in [-0.15, -0.1) is 0 Å². The topological polar surface area (TPSA) is 40.5 Å². The molecule has 2 unspecified atom stereocenters. The van der Waals surface area contributed by atoms with E-state index in [1.807, 2.05) is 13.8 Å². The van der Waals surface area contributed by atoms with Crippen molar-refractivity contribution in [2.45, 2.75) is 46.6 Å². The number of rotatable bonds is 4. The maximum Gasteiger partial charge on any atom is 0.309 e. The SMILES string of the molecule is Cc1ccccc1C(C)N1CCCC(C(C)(C)C(=O)O)C1. The number of carboxylic acids is 1. The molecule has 0 bridgehead atoms. The molecule has 1 N–H and O–H groups in total. The fourth-order valence-corrected chi connectivity index (χ4v) is 3.37. The van der Waals surface area contributed by atoms with Crippen LogP contribution in [-0.4, -0.2) is 29.1 Å². The Hall–Kier alpha value is -1.35. The average Bonchev–Trinajstić information content (AvgIpc) is 2.47. The molecule has 1 saturated heterocycles. The lowest BCUT2D eigenvalue weighted by Crippen LogP contribution is -2.45. The van der Waals surface area contributed by atoms with Crippen molar-refractivity contribution in [3.8, 4) is 0 Å². The molecule has 0 aliphatic carbocycles. The van der Waals surface area contributed by atoms with E-state index in [1.54, 1.807) is 0 Å². The smallest absolute Gasteiger partial charge is 0.309 e. The van der Waals surface area contributed by atoms with E-state index in [1.165, 1.54) is 11.1 Å². The molecule has 0 radical (unpaired) electrons. The molecule has 2 rings (SSSR count). The van der Waals surface area contributed by atoms with Gasteiger partial charge in [-0.1, -0.05) is 24.3 Å². The van der Waals surface area contributed by atoms with Crippen molar-refractivity contribution in [3.63, 3.8) is 0 Å². The molecular formula is C18H27NO2. The maximum atomic E-state index is 11.5. The second-order valence-corrected chi connectivity index (χ2v) is 6.89. The minimum Gasteiger partial charge on any atom is -0.481 e. The number of aliphatic carboxylic acids is 1. The van der Waals surface area contributed by atoms with Crippen LogP contribution in [0.25, 0.3) is 0 Å². The van der Waals surface area contributed by atoms with Crippen molar-refractivity contribution in [1.29, 1.82) is 0 Å². The van der Waals surface area contributed by atoms with Gasteiger partial charge in [0, 0.05) is 12.6 Å². The zero-order valence-electron chi connectivity index (χ0n) is 13.6. The first kappa shape index (κ1) is 16.0. The summed E-state index contributed by atoms with van der Waals surface area (Å²) in [5.74, 6) is -0.465. The number of carboxylic acid groups (broad SMARTS) is 1. The van der Waals surface area contributed by atoms with E-state index < -0.39 is 11.4 Å². The van der Waals surface area contributed by atoms with E-state index in [9.17, 15) is 9.90 Å². The number of benzene rings is 1. The minimum atomic E-state index is -0.683. The fraction of sp³-hybridized carbons (Fsp3) is 0.611. The molecule has 21 heavy (non-hydrogen) atoms. The van der Waals surface area contributed by atoms with E-state index in [0.29, 0.717) is 6.04 Å². The Kier molecular flexibility index (Phi) is 4.72. The van der Waals surface area contributed by atoms with Crippen LogP contribution in [0.2, 0.25) is 0 Å². The highest BCUT2D eigenvalue weighted by atomic mass is 16.4. The average molecular weight is 289 g/mol. The van der Waals surface area contributed by atoms with Gasteiger partial charge in [0.05, 0.1) is 5.41 Å². The standard InChI is InChI=1S/C18H27NO2/c1-13-8-5-6-10-16(13)14(2)19-11-7-9-15(12-19)18(3,4)17(20)21/h5-6,8,10,14-15H,7,9,11-12H2,1-4H3,(H,20,21). The lowest BCUT2D eigenvalue weighted by Gasteiger charge is -2.42. The Morgan fingerprint density at radius 2 is 2.05 bits per heavy atom. The summed E-state index contributed by atoms with van der Waals surface area (Å²) in [6.07, 6.45) is 2.09. The summed E-state index contributed by atoms with van der Waals surface area (Å²) in [5, 5.41) is 9.46. The molecule has 1 heterocycles. The first-order valence-corrected chi connectivity index (χ1v) is 7.87. The van der Waals surface area contributed by atoms with Crippen molar-refractivity contribution in [1.82, 2.24) is 4.90 Å². The number of likely N-dealkylation sites (tertiary alicyclic amines) is 1. The molecule has 1 aliphatic heterocycles. The molecule has 3 nitrogen and oxygen atoms in total. The molecule has 0 saturated carbocycles. The first-order chi connectivity index (χ1) is 9.84. The van der Waals surface area contributed by atoms with E-state index in [2.05, 4.69) is 43.0 Å². The van der Waals surface area contributed by atoms with Gasteiger partial charge >= 0.3 is 5.97 Å². The van der Waals surface area contributed by atoms with Crippen LogP contribution in [0, 0.1) is 18.3 Å². The number of hydrogen-bond donors (Lipinski definition) is 1. The molecule has 1 fully saturated rings. The second-order valence-electron chi connectivity index (χ2n) is 6.89. The highest BCUT2D eigenvalue weighted by Crippen LogP contribution is 2.37. The van der Waals surface area contributed by atoms with E-state index in [-0.39, 0.29) is 5.92 Å². The Bertz CT molecular complexity index is 510. The van der Waals surface area contributed by atoms with Gasteiger partial charge in [0.1, 0.15) is 0 Å². The second kappa shape index (κ2) is 6.18. The van der Waals surface area contributed by atoms with Gasteiger partial charge < -0.3 is 5.11 Å². The van der Waals surface area contributed by atoms with E-state index in [0.717, 1.165) is 25.9 Å². The zero-order chi connectivity index (χ0) is 15.6. The molecule has 2 atom stereocenters. The van der Waals surface area contributed by atoms with Crippen molar-refractivity contribution in [2.75, 3.05) is 13.1 Å². The summed E-state index contributed by atoms with van der Waals surface area (Å²) < 4.78 is 0. The summed E-state index contributed by atoms with van der Waals surface area (Å²) in [5.41, 5.74) is 2.01. The van der Waals surface area contributed by atoms with Crippen LogP contribution in [0.4, 0.5) is 0 Å². The number of aryl methyl sites for hydroxylation is 1. The molecule has 3 heteroatoms. The van der Waals surface area contributed by atoms with Gasteiger partial charge in [0.2, 0.25) is 0 Å². The molecule has 1 aromatic carbocycles. The van der Waals surface area contributed by atoms with Crippen molar-refractivity contribution in [3.05, 3.63) is 35.4 Å². The number of carbonyl (C=O) groups is 1. The summed E-state index contributed by atoms with van der Waals surface area (Å²) in [4.78, 5) is 13.9. The molecule has 0 spiro atoms. The maximum absolute atomic E-state index is 11.5. The van der Waals surface area contributed by atoms with Crippen LogP contribution in [-0.2, 0) is 4.79 Å². The summed E-state index contributed by atoms with van der Waals surface area (Å²) >= 11 is 0. The third-order valence-electron chi connectivity index (χ3n) is 5.21. The third-order valence-corrected chi connectivity index (χ3v) is 5.21. The fourth-order valence-electron chi connectivity index (χ4n) is 3.37. The predicted octanol–water partition coefficient (Wildman–Crippen LogP) is 3.88.